The van der Waals surface area contributed by atoms with E-state index in [1.165, 1.54) is 30.3 Å². The Hall–Kier alpha value is -3.10. The SMILES string of the molecule is Cc1cc(CN(C)C(=O)c2cc(C(=O)O)ccn2)cc(C)c1OCC(F)(F)F. The quantitative estimate of drug-likeness (QED) is 0.807. The lowest BCUT2D eigenvalue weighted by Gasteiger charge is -2.19. The van der Waals surface area contributed by atoms with Crippen LogP contribution < -0.4 is 4.74 Å². The molecule has 0 bridgehead atoms. The fourth-order valence-electron chi connectivity index (χ4n) is 2.73. The largest absolute Gasteiger partial charge is 0.484 e. The molecule has 1 heterocycles. The minimum Gasteiger partial charge on any atom is -0.484 e. The third-order valence-corrected chi connectivity index (χ3v) is 3.89. The van der Waals surface area contributed by atoms with Crippen LogP contribution in [0.25, 0.3) is 0 Å². The van der Waals surface area contributed by atoms with Crippen LogP contribution in [-0.4, -0.2) is 46.7 Å². The molecule has 6 nitrogen and oxygen atoms in total. The second-order valence-electron chi connectivity index (χ2n) is 6.36. The monoisotopic (exact) mass is 396 g/mol. The molecule has 1 aromatic carbocycles. The Labute approximate surface area is 159 Å². The lowest BCUT2D eigenvalue weighted by Crippen LogP contribution is -2.27. The summed E-state index contributed by atoms with van der Waals surface area (Å²) >= 11 is 0. The van der Waals surface area contributed by atoms with Crippen molar-refractivity contribution in [2.75, 3.05) is 13.7 Å². The molecule has 0 unspecified atom stereocenters. The summed E-state index contributed by atoms with van der Waals surface area (Å²) in [5.41, 5.74) is 1.67. The predicted molar refractivity (Wildman–Crippen MR) is 94.5 cm³/mol. The second-order valence-corrected chi connectivity index (χ2v) is 6.36. The van der Waals surface area contributed by atoms with Crippen molar-refractivity contribution in [3.8, 4) is 5.75 Å². The molecule has 0 radical (unpaired) electrons. The Morgan fingerprint density at radius 2 is 1.79 bits per heavy atom. The van der Waals surface area contributed by atoms with Crippen molar-refractivity contribution in [2.24, 2.45) is 0 Å². The molecule has 0 aliphatic carbocycles. The van der Waals surface area contributed by atoms with E-state index >= 15 is 0 Å². The first-order valence-corrected chi connectivity index (χ1v) is 8.22. The van der Waals surface area contributed by atoms with Gasteiger partial charge in [-0.3, -0.25) is 9.78 Å². The Balaban J connectivity index is 2.15. The van der Waals surface area contributed by atoms with E-state index < -0.39 is 24.7 Å². The molecule has 1 N–H and O–H groups in total. The van der Waals surface area contributed by atoms with Crippen LogP contribution in [0.15, 0.2) is 30.5 Å². The highest BCUT2D eigenvalue weighted by Gasteiger charge is 2.29. The predicted octanol–water partition coefficient (Wildman–Crippen LogP) is 3.61. The number of alkyl halides is 3. The van der Waals surface area contributed by atoms with Crippen LogP contribution in [0.1, 0.15) is 37.5 Å². The van der Waals surface area contributed by atoms with E-state index in [4.69, 9.17) is 9.84 Å². The van der Waals surface area contributed by atoms with Crippen molar-refractivity contribution in [3.05, 3.63) is 58.4 Å². The molecule has 1 aromatic heterocycles. The summed E-state index contributed by atoms with van der Waals surface area (Å²) in [7, 11) is 1.52. The normalized spacial score (nSPS) is 11.2. The number of amides is 1. The summed E-state index contributed by atoms with van der Waals surface area (Å²) in [5.74, 6) is -1.48. The number of aryl methyl sites for hydroxylation is 2. The lowest BCUT2D eigenvalue weighted by atomic mass is 10.1. The number of rotatable bonds is 6. The van der Waals surface area contributed by atoms with Crippen LogP contribution in [0.2, 0.25) is 0 Å². The number of pyridine rings is 1. The van der Waals surface area contributed by atoms with Gasteiger partial charge in [0.1, 0.15) is 11.4 Å². The average molecular weight is 396 g/mol. The van der Waals surface area contributed by atoms with Gasteiger partial charge in [-0.15, -0.1) is 0 Å². The van der Waals surface area contributed by atoms with Gasteiger partial charge in [0.05, 0.1) is 5.56 Å². The molecule has 0 saturated carbocycles. The molecule has 0 aliphatic heterocycles. The molecule has 28 heavy (non-hydrogen) atoms. The van der Waals surface area contributed by atoms with E-state index in [0.29, 0.717) is 16.7 Å². The molecule has 150 valence electrons. The maximum absolute atomic E-state index is 12.5. The maximum Gasteiger partial charge on any atom is 0.422 e. The van der Waals surface area contributed by atoms with E-state index in [1.807, 2.05) is 0 Å². The third-order valence-electron chi connectivity index (χ3n) is 3.89. The number of carbonyl (C=O) groups is 2. The Kier molecular flexibility index (Phi) is 6.27. The first kappa shape index (κ1) is 21.2. The van der Waals surface area contributed by atoms with E-state index in [0.717, 1.165) is 0 Å². The number of nitrogens with zero attached hydrogens (tertiary/aromatic N) is 2. The molecule has 9 heteroatoms. The first-order chi connectivity index (χ1) is 13.0. The Morgan fingerprint density at radius 3 is 2.32 bits per heavy atom. The highest BCUT2D eigenvalue weighted by atomic mass is 19.4. The van der Waals surface area contributed by atoms with E-state index in [2.05, 4.69) is 4.98 Å². The number of carboxylic acid groups (broad SMARTS) is 1. The fraction of sp³-hybridized carbons (Fsp3) is 0.316. The van der Waals surface area contributed by atoms with Crippen molar-refractivity contribution in [1.29, 1.82) is 0 Å². The van der Waals surface area contributed by atoms with Gasteiger partial charge in [0.25, 0.3) is 5.91 Å². The summed E-state index contributed by atoms with van der Waals surface area (Å²) in [4.78, 5) is 28.8. The van der Waals surface area contributed by atoms with Gasteiger partial charge in [0, 0.05) is 19.8 Å². The number of carboxylic acids is 1. The Morgan fingerprint density at radius 1 is 1.18 bits per heavy atom. The van der Waals surface area contributed by atoms with Gasteiger partial charge in [0.15, 0.2) is 6.61 Å². The zero-order valence-corrected chi connectivity index (χ0v) is 15.5. The molecule has 2 aromatic rings. The van der Waals surface area contributed by atoms with Crippen molar-refractivity contribution in [1.82, 2.24) is 9.88 Å². The Bertz CT molecular complexity index is 874. The summed E-state index contributed by atoms with van der Waals surface area (Å²) in [6.07, 6.45) is -3.19. The minimum atomic E-state index is -4.43. The molecule has 0 spiro atoms. The number of benzene rings is 1. The minimum absolute atomic E-state index is 0.0130. The number of hydrogen-bond donors (Lipinski definition) is 1. The molecule has 0 atom stereocenters. The standard InChI is InChI=1S/C19H19F3N2O4/c1-11-6-13(7-12(2)16(11)28-10-19(20,21)22)9-24(3)17(25)15-8-14(18(26)27)4-5-23-15/h4-8H,9-10H2,1-3H3,(H,26,27). The topological polar surface area (TPSA) is 79.7 Å². The van der Waals surface area contributed by atoms with Crippen molar-refractivity contribution in [2.45, 2.75) is 26.6 Å². The number of carbonyl (C=O) groups excluding carboxylic acids is 1. The van der Waals surface area contributed by atoms with E-state index in [-0.39, 0.29) is 23.6 Å². The summed E-state index contributed by atoms with van der Waals surface area (Å²) < 4.78 is 42.0. The molecular formula is C19H19F3N2O4. The van der Waals surface area contributed by atoms with Gasteiger partial charge < -0.3 is 14.7 Å². The average Bonchev–Trinajstić information content (AvgIpc) is 2.59. The number of ether oxygens (including phenoxy) is 1. The van der Waals surface area contributed by atoms with Crippen LogP contribution >= 0.6 is 0 Å². The second kappa shape index (κ2) is 8.28. The fourth-order valence-corrected chi connectivity index (χ4v) is 2.73. The molecular weight excluding hydrogens is 377 g/mol. The number of aromatic carboxylic acids is 1. The van der Waals surface area contributed by atoms with Crippen LogP contribution in [0.4, 0.5) is 13.2 Å². The summed E-state index contributed by atoms with van der Waals surface area (Å²) in [6, 6.07) is 5.75. The number of halogens is 3. The molecule has 2 rings (SSSR count). The van der Waals surface area contributed by atoms with Gasteiger partial charge in [-0.25, -0.2) is 4.79 Å². The van der Waals surface area contributed by atoms with Crippen LogP contribution in [0, 0.1) is 13.8 Å². The third kappa shape index (κ3) is 5.45. The molecule has 0 aliphatic rings. The number of hydrogen-bond acceptors (Lipinski definition) is 4. The van der Waals surface area contributed by atoms with Crippen LogP contribution in [-0.2, 0) is 6.54 Å². The number of aromatic nitrogens is 1. The first-order valence-electron chi connectivity index (χ1n) is 8.22. The van der Waals surface area contributed by atoms with Gasteiger partial charge in [0.2, 0.25) is 0 Å². The molecule has 0 saturated heterocycles. The van der Waals surface area contributed by atoms with Gasteiger partial charge in [-0.05, 0) is 42.7 Å². The summed E-state index contributed by atoms with van der Waals surface area (Å²) in [6.45, 7) is 2.04. The zero-order valence-electron chi connectivity index (χ0n) is 15.5. The van der Waals surface area contributed by atoms with Crippen molar-refractivity contribution >= 4 is 11.9 Å². The smallest absolute Gasteiger partial charge is 0.422 e. The maximum atomic E-state index is 12.5. The van der Waals surface area contributed by atoms with Crippen molar-refractivity contribution < 1.29 is 32.6 Å². The highest BCUT2D eigenvalue weighted by Crippen LogP contribution is 2.27. The summed E-state index contributed by atoms with van der Waals surface area (Å²) in [5, 5.41) is 9.01. The van der Waals surface area contributed by atoms with Gasteiger partial charge in [-0.2, -0.15) is 13.2 Å². The highest BCUT2D eigenvalue weighted by molar-refractivity contribution is 5.95. The molecule has 0 fully saturated rings. The van der Waals surface area contributed by atoms with E-state index in [9.17, 15) is 22.8 Å². The van der Waals surface area contributed by atoms with Gasteiger partial charge in [-0.1, -0.05) is 12.1 Å². The van der Waals surface area contributed by atoms with Crippen molar-refractivity contribution in [3.63, 3.8) is 0 Å². The molecule has 1 amide bonds. The lowest BCUT2D eigenvalue weighted by molar-refractivity contribution is -0.153. The van der Waals surface area contributed by atoms with Crippen LogP contribution in [0.3, 0.4) is 0 Å². The van der Waals surface area contributed by atoms with Gasteiger partial charge >= 0.3 is 12.1 Å². The zero-order chi connectivity index (χ0) is 21.1. The van der Waals surface area contributed by atoms with E-state index in [1.54, 1.807) is 26.0 Å². The van der Waals surface area contributed by atoms with Crippen LogP contribution in [0.5, 0.6) is 5.75 Å².